The zero-order chi connectivity index (χ0) is 11.4. The molecule has 2 N–H and O–H groups in total. The minimum absolute atomic E-state index is 0.547. The summed E-state index contributed by atoms with van der Waals surface area (Å²) in [6, 6.07) is 2.10. The van der Waals surface area contributed by atoms with Gasteiger partial charge in [0.15, 0.2) is 0 Å². The van der Waals surface area contributed by atoms with E-state index < -0.39 is 0 Å². The highest BCUT2D eigenvalue weighted by molar-refractivity contribution is 5.52. The highest BCUT2D eigenvalue weighted by Crippen LogP contribution is 2.20. The zero-order valence-electron chi connectivity index (χ0n) is 10.1. The molecule has 0 atom stereocenters. The second-order valence-electron chi connectivity index (χ2n) is 4.43. The Morgan fingerprint density at radius 1 is 1.47 bits per heavy atom. The van der Waals surface area contributed by atoms with Crippen LogP contribution < -0.4 is 10.6 Å². The van der Waals surface area contributed by atoms with Crippen molar-refractivity contribution >= 4 is 5.69 Å². The molecule has 3 heteroatoms. The van der Waals surface area contributed by atoms with Gasteiger partial charge in [0, 0.05) is 43.3 Å². The van der Waals surface area contributed by atoms with E-state index in [1.165, 1.54) is 5.69 Å². The van der Waals surface area contributed by atoms with E-state index in [0.29, 0.717) is 12.5 Å². The average molecular weight is 207 g/mol. The Morgan fingerprint density at radius 2 is 2.13 bits per heavy atom. The molecule has 0 fully saturated rings. The first-order valence-corrected chi connectivity index (χ1v) is 5.41. The first-order chi connectivity index (χ1) is 7.04. The van der Waals surface area contributed by atoms with Crippen molar-refractivity contribution in [3.63, 3.8) is 0 Å². The number of aromatic nitrogens is 1. The van der Waals surface area contributed by atoms with E-state index >= 15 is 0 Å². The molecule has 1 heterocycles. The maximum Gasteiger partial charge on any atom is 0.0442 e. The van der Waals surface area contributed by atoms with Crippen LogP contribution in [0.15, 0.2) is 12.3 Å². The van der Waals surface area contributed by atoms with Crippen molar-refractivity contribution < 1.29 is 0 Å². The van der Waals surface area contributed by atoms with Gasteiger partial charge in [-0.1, -0.05) is 13.8 Å². The molecule has 15 heavy (non-hydrogen) atoms. The fraction of sp³-hybridized carbons (Fsp3) is 0.583. The van der Waals surface area contributed by atoms with E-state index in [4.69, 9.17) is 5.73 Å². The maximum absolute atomic E-state index is 5.70. The van der Waals surface area contributed by atoms with E-state index in [-0.39, 0.29) is 0 Å². The fourth-order valence-corrected chi connectivity index (χ4v) is 1.73. The van der Waals surface area contributed by atoms with Gasteiger partial charge in [0.2, 0.25) is 0 Å². The number of hydrogen-bond acceptors (Lipinski definition) is 3. The van der Waals surface area contributed by atoms with Crippen LogP contribution in [0.2, 0.25) is 0 Å². The number of anilines is 1. The predicted octanol–water partition coefficient (Wildman–Crippen LogP) is 1.94. The molecule has 0 saturated heterocycles. The summed E-state index contributed by atoms with van der Waals surface area (Å²) in [5, 5.41) is 0. The van der Waals surface area contributed by atoms with Crippen LogP contribution in [-0.2, 0) is 6.54 Å². The Kier molecular flexibility index (Phi) is 4.09. The highest BCUT2D eigenvalue weighted by atomic mass is 15.1. The number of aryl methyl sites for hydroxylation is 1. The van der Waals surface area contributed by atoms with Crippen LogP contribution in [0.5, 0.6) is 0 Å². The average Bonchev–Trinajstić information content (AvgIpc) is 2.16. The van der Waals surface area contributed by atoms with Gasteiger partial charge in [-0.2, -0.15) is 0 Å². The third kappa shape index (κ3) is 3.20. The summed E-state index contributed by atoms with van der Waals surface area (Å²) in [5.74, 6) is 0.647. The van der Waals surface area contributed by atoms with Gasteiger partial charge in [-0.05, 0) is 18.9 Å². The van der Waals surface area contributed by atoms with Gasteiger partial charge >= 0.3 is 0 Å². The van der Waals surface area contributed by atoms with Crippen molar-refractivity contribution in [2.45, 2.75) is 27.3 Å². The molecule has 0 unspecified atom stereocenters. The van der Waals surface area contributed by atoms with Crippen LogP contribution in [-0.4, -0.2) is 18.6 Å². The van der Waals surface area contributed by atoms with Crippen LogP contribution in [0.25, 0.3) is 0 Å². The van der Waals surface area contributed by atoms with E-state index in [9.17, 15) is 0 Å². The standard InChI is InChI=1S/C12H21N3/c1-9(2)8-15(4)12-5-10(3)14-7-11(12)6-13/h5,7,9H,6,8,13H2,1-4H3. The molecule has 0 saturated carbocycles. The lowest BCUT2D eigenvalue weighted by molar-refractivity contribution is 0.636. The molecule has 0 aliphatic heterocycles. The molecule has 0 spiro atoms. The smallest absolute Gasteiger partial charge is 0.0442 e. The molecule has 1 aromatic rings. The first-order valence-electron chi connectivity index (χ1n) is 5.41. The molecule has 0 aliphatic carbocycles. The van der Waals surface area contributed by atoms with Crippen LogP contribution in [0.4, 0.5) is 5.69 Å². The molecular weight excluding hydrogens is 186 g/mol. The summed E-state index contributed by atoms with van der Waals surface area (Å²) in [6.45, 7) is 8.02. The summed E-state index contributed by atoms with van der Waals surface area (Å²) in [4.78, 5) is 6.52. The van der Waals surface area contributed by atoms with E-state index in [1.807, 2.05) is 13.1 Å². The maximum atomic E-state index is 5.70. The van der Waals surface area contributed by atoms with E-state index in [2.05, 4.69) is 36.8 Å². The molecular formula is C12H21N3. The molecule has 3 nitrogen and oxygen atoms in total. The molecule has 0 amide bonds. The fourth-order valence-electron chi connectivity index (χ4n) is 1.73. The van der Waals surface area contributed by atoms with Gasteiger partial charge in [-0.3, -0.25) is 4.98 Å². The van der Waals surface area contributed by atoms with Crippen molar-refractivity contribution in [2.75, 3.05) is 18.5 Å². The van der Waals surface area contributed by atoms with Crippen LogP contribution in [0.1, 0.15) is 25.1 Å². The van der Waals surface area contributed by atoms with Crippen molar-refractivity contribution in [1.29, 1.82) is 0 Å². The van der Waals surface area contributed by atoms with E-state index in [1.54, 1.807) is 0 Å². The first kappa shape index (κ1) is 12.0. The third-order valence-electron chi connectivity index (χ3n) is 2.37. The van der Waals surface area contributed by atoms with Gasteiger partial charge in [0.05, 0.1) is 0 Å². The van der Waals surface area contributed by atoms with Gasteiger partial charge < -0.3 is 10.6 Å². The van der Waals surface area contributed by atoms with Crippen LogP contribution in [0, 0.1) is 12.8 Å². The second kappa shape index (κ2) is 5.12. The zero-order valence-corrected chi connectivity index (χ0v) is 10.1. The molecule has 1 rings (SSSR count). The Hall–Kier alpha value is -1.09. The summed E-state index contributed by atoms with van der Waals surface area (Å²) in [5.41, 5.74) is 9.06. The molecule has 0 radical (unpaired) electrons. The minimum Gasteiger partial charge on any atom is -0.374 e. The van der Waals surface area contributed by atoms with Crippen molar-refractivity contribution in [3.8, 4) is 0 Å². The number of nitrogens with zero attached hydrogens (tertiary/aromatic N) is 2. The van der Waals surface area contributed by atoms with Gasteiger partial charge in [-0.25, -0.2) is 0 Å². The van der Waals surface area contributed by atoms with Crippen LogP contribution in [0.3, 0.4) is 0 Å². The van der Waals surface area contributed by atoms with Gasteiger partial charge in [0.1, 0.15) is 0 Å². The Morgan fingerprint density at radius 3 is 2.67 bits per heavy atom. The van der Waals surface area contributed by atoms with E-state index in [0.717, 1.165) is 17.8 Å². The number of hydrogen-bond donors (Lipinski definition) is 1. The second-order valence-corrected chi connectivity index (χ2v) is 4.43. The van der Waals surface area contributed by atoms with Gasteiger partial charge in [-0.15, -0.1) is 0 Å². The topological polar surface area (TPSA) is 42.1 Å². The number of nitrogens with two attached hydrogens (primary N) is 1. The Bertz CT molecular complexity index is 321. The third-order valence-corrected chi connectivity index (χ3v) is 2.37. The summed E-state index contributed by atoms with van der Waals surface area (Å²) >= 11 is 0. The molecule has 84 valence electrons. The molecule has 1 aromatic heterocycles. The Labute approximate surface area is 92.3 Å². The normalized spacial score (nSPS) is 10.8. The summed E-state index contributed by atoms with van der Waals surface area (Å²) in [7, 11) is 2.11. The summed E-state index contributed by atoms with van der Waals surface area (Å²) in [6.07, 6.45) is 1.88. The Balaban J connectivity index is 2.94. The van der Waals surface area contributed by atoms with Crippen LogP contribution >= 0.6 is 0 Å². The lowest BCUT2D eigenvalue weighted by Crippen LogP contribution is -2.24. The molecule has 0 bridgehead atoms. The predicted molar refractivity (Wildman–Crippen MR) is 65.0 cm³/mol. The van der Waals surface area contributed by atoms with Crippen molar-refractivity contribution in [1.82, 2.24) is 4.98 Å². The van der Waals surface area contributed by atoms with Crippen molar-refractivity contribution in [3.05, 3.63) is 23.5 Å². The van der Waals surface area contributed by atoms with Crippen molar-refractivity contribution in [2.24, 2.45) is 11.7 Å². The SMILES string of the molecule is Cc1cc(N(C)CC(C)C)c(CN)cn1. The summed E-state index contributed by atoms with van der Waals surface area (Å²) < 4.78 is 0. The monoisotopic (exact) mass is 207 g/mol. The lowest BCUT2D eigenvalue weighted by atomic mass is 10.1. The largest absolute Gasteiger partial charge is 0.374 e. The number of rotatable bonds is 4. The van der Waals surface area contributed by atoms with Gasteiger partial charge in [0.25, 0.3) is 0 Å². The number of pyridine rings is 1. The lowest BCUT2D eigenvalue weighted by Gasteiger charge is -2.24. The minimum atomic E-state index is 0.547. The molecule has 0 aliphatic rings. The highest BCUT2D eigenvalue weighted by Gasteiger charge is 2.08. The molecule has 0 aromatic carbocycles. The quantitative estimate of drug-likeness (QED) is 0.820.